The summed E-state index contributed by atoms with van der Waals surface area (Å²) >= 11 is 6.27. The van der Waals surface area contributed by atoms with Crippen molar-refractivity contribution in [3.8, 4) is 35.7 Å². The average molecular weight is 353 g/mol. The van der Waals surface area contributed by atoms with Gasteiger partial charge in [0.2, 0.25) is 5.88 Å². The van der Waals surface area contributed by atoms with Crippen LogP contribution in [-0.4, -0.2) is 11.7 Å². The number of terminal acetylenes is 1. The Morgan fingerprint density at radius 2 is 2.12 bits per heavy atom. The molecule has 0 amide bonds. The Bertz CT molecular complexity index is 954. The van der Waals surface area contributed by atoms with Crippen LogP contribution in [0.25, 0.3) is 0 Å². The lowest BCUT2D eigenvalue weighted by Gasteiger charge is -2.26. The fraction of sp³-hybridized carbons (Fsp3) is 0.105. The van der Waals surface area contributed by atoms with Gasteiger partial charge in [-0.2, -0.15) is 5.26 Å². The number of aromatic hydroxyl groups is 1. The highest BCUT2D eigenvalue weighted by molar-refractivity contribution is 6.32. The minimum Gasteiger partial charge on any atom is -0.508 e. The maximum absolute atomic E-state index is 9.66. The number of nitrogens with zero attached hydrogens (tertiary/aromatic N) is 1. The van der Waals surface area contributed by atoms with E-state index >= 15 is 0 Å². The second-order valence-electron chi connectivity index (χ2n) is 5.33. The van der Waals surface area contributed by atoms with Crippen LogP contribution in [0, 0.1) is 23.7 Å². The van der Waals surface area contributed by atoms with Gasteiger partial charge in [0.1, 0.15) is 35.5 Å². The van der Waals surface area contributed by atoms with E-state index in [1.165, 1.54) is 12.1 Å². The number of rotatable bonds is 3. The topological polar surface area (TPSA) is 88.5 Å². The Morgan fingerprint density at radius 3 is 2.80 bits per heavy atom. The zero-order chi connectivity index (χ0) is 18.0. The predicted molar refractivity (Wildman–Crippen MR) is 93.2 cm³/mol. The summed E-state index contributed by atoms with van der Waals surface area (Å²) in [5.41, 5.74) is 7.61. The van der Waals surface area contributed by atoms with Gasteiger partial charge in [0.25, 0.3) is 0 Å². The molecule has 25 heavy (non-hydrogen) atoms. The molecule has 1 atom stereocenters. The van der Waals surface area contributed by atoms with Crippen molar-refractivity contribution in [2.45, 2.75) is 5.92 Å². The van der Waals surface area contributed by atoms with Crippen molar-refractivity contribution in [3.63, 3.8) is 0 Å². The molecule has 1 aliphatic rings. The van der Waals surface area contributed by atoms with Crippen molar-refractivity contribution in [1.82, 2.24) is 0 Å². The van der Waals surface area contributed by atoms with E-state index in [1.54, 1.807) is 24.3 Å². The fourth-order valence-corrected chi connectivity index (χ4v) is 2.96. The molecule has 2 aromatic carbocycles. The molecule has 0 bridgehead atoms. The van der Waals surface area contributed by atoms with Crippen molar-refractivity contribution >= 4 is 11.6 Å². The number of phenolic OH excluding ortho intramolecular Hbond substituents is 1. The van der Waals surface area contributed by atoms with Crippen LogP contribution >= 0.6 is 11.6 Å². The monoisotopic (exact) mass is 352 g/mol. The number of nitrogens with two attached hydrogens (primary N) is 1. The molecule has 0 spiro atoms. The van der Waals surface area contributed by atoms with Gasteiger partial charge in [0.05, 0.1) is 10.9 Å². The third-order valence-corrected chi connectivity index (χ3v) is 4.10. The molecular formula is C19H13ClN2O3. The van der Waals surface area contributed by atoms with Crippen molar-refractivity contribution in [1.29, 1.82) is 5.26 Å². The first-order valence-electron chi connectivity index (χ1n) is 7.31. The lowest BCUT2D eigenvalue weighted by atomic mass is 9.83. The van der Waals surface area contributed by atoms with E-state index in [4.69, 9.17) is 33.2 Å². The number of hydrogen-bond donors (Lipinski definition) is 2. The van der Waals surface area contributed by atoms with E-state index in [-0.39, 0.29) is 23.8 Å². The number of halogens is 1. The Hall–Kier alpha value is -3.28. The molecule has 6 heteroatoms. The van der Waals surface area contributed by atoms with Crippen molar-refractivity contribution in [2.24, 2.45) is 5.73 Å². The van der Waals surface area contributed by atoms with Gasteiger partial charge in [0, 0.05) is 11.6 Å². The zero-order valence-corrected chi connectivity index (χ0v) is 13.7. The van der Waals surface area contributed by atoms with Gasteiger partial charge in [0.15, 0.2) is 0 Å². The largest absolute Gasteiger partial charge is 0.508 e. The summed E-state index contributed by atoms with van der Waals surface area (Å²) in [5, 5.41) is 19.5. The van der Waals surface area contributed by atoms with E-state index < -0.39 is 5.92 Å². The smallest absolute Gasteiger partial charge is 0.205 e. The van der Waals surface area contributed by atoms with Crippen LogP contribution in [-0.2, 0) is 0 Å². The van der Waals surface area contributed by atoms with Gasteiger partial charge in [-0.05, 0) is 23.8 Å². The van der Waals surface area contributed by atoms with Crippen molar-refractivity contribution in [3.05, 3.63) is 64.0 Å². The number of ether oxygens (including phenoxy) is 2. The van der Waals surface area contributed by atoms with Crippen molar-refractivity contribution in [2.75, 3.05) is 6.61 Å². The summed E-state index contributed by atoms with van der Waals surface area (Å²) in [7, 11) is 0. The SMILES string of the molecule is C#CCOc1ccc([C@@H]2C(C#N)=C(N)Oc3cc(O)ccc32)cc1Cl. The highest BCUT2D eigenvalue weighted by atomic mass is 35.5. The minimum absolute atomic E-state index is 0.00520. The molecule has 0 aliphatic carbocycles. The summed E-state index contributed by atoms with van der Waals surface area (Å²) in [6.45, 7) is 0.106. The molecule has 0 fully saturated rings. The van der Waals surface area contributed by atoms with Crippen LogP contribution in [0.15, 0.2) is 47.9 Å². The van der Waals surface area contributed by atoms with Crippen LogP contribution in [0.3, 0.4) is 0 Å². The normalized spacial score (nSPS) is 15.6. The lowest BCUT2D eigenvalue weighted by Crippen LogP contribution is -2.21. The summed E-state index contributed by atoms with van der Waals surface area (Å²) in [6.07, 6.45) is 5.18. The minimum atomic E-state index is -0.464. The molecule has 0 radical (unpaired) electrons. The standard InChI is InChI=1S/C19H13ClN2O3/c1-2-7-24-16-6-3-11(8-15(16)20)18-13-5-4-12(23)9-17(13)25-19(22)14(18)10-21/h1,3-6,8-9,18,23H,7,22H2/t18-/m0/s1. The van der Waals surface area contributed by atoms with Crippen molar-refractivity contribution < 1.29 is 14.6 Å². The summed E-state index contributed by atoms with van der Waals surface area (Å²) in [4.78, 5) is 0. The Kier molecular flexibility index (Phi) is 4.43. The quantitative estimate of drug-likeness (QED) is 0.827. The molecule has 3 N–H and O–H groups in total. The van der Waals surface area contributed by atoms with Gasteiger partial charge >= 0.3 is 0 Å². The van der Waals surface area contributed by atoms with E-state index in [0.717, 1.165) is 5.56 Å². The highest BCUT2D eigenvalue weighted by Gasteiger charge is 2.31. The summed E-state index contributed by atoms with van der Waals surface area (Å²) in [6, 6.07) is 11.9. The number of nitriles is 1. The van der Waals surface area contributed by atoms with E-state index in [0.29, 0.717) is 22.1 Å². The molecule has 0 aromatic heterocycles. The van der Waals surface area contributed by atoms with E-state index in [2.05, 4.69) is 12.0 Å². The first-order chi connectivity index (χ1) is 12.0. The summed E-state index contributed by atoms with van der Waals surface area (Å²) < 4.78 is 10.8. The van der Waals surface area contributed by atoms with Gasteiger partial charge in [-0.15, -0.1) is 6.42 Å². The first-order valence-corrected chi connectivity index (χ1v) is 7.69. The number of phenols is 1. The maximum atomic E-state index is 9.66. The zero-order valence-electron chi connectivity index (χ0n) is 13.0. The Morgan fingerprint density at radius 1 is 1.32 bits per heavy atom. The molecule has 1 aliphatic heterocycles. The van der Waals surface area contributed by atoms with Gasteiger partial charge in [-0.3, -0.25) is 0 Å². The molecule has 124 valence electrons. The average Bonchev–Trinajstić information content (AvgIpc) is 2.59. The van der Waals surface area contributed by atoms with Crippen LogP contribution in [0.1, 0.15) is 17.0 Å². The molecule has 0 unspecified atom stereocenters. The Labute approximate surface area is 149 Å². The van der Waals surface area contributed by atoms with Gasteiger partial charge < -0.3 is 20.3 Å². The predicted octanol–water partition coefficient (Wildman–Crippen LogP) is 3.28. The molecule has 1 heterocycles. The molecule has 0 saturated carbocycles. The highest BCUT2D eigenvalue weighted by Crippen LogP contribution is 2.44. The second kappa shape index (κ2) is 6.68. The molecule has 3 rings (SSSR count). The van der Waals surface area contributed by atoms with Crippen LogP contribution in [0.5, 0.6) is 17.2 Å². The number of allylic oxidation sites excluding steroid dienone is 1. The van der Waals surface area contributed by atoms with Gasteiger partial charge in [-0.1, -0.05) is 29.7 Å². The van der Waals surface area contributed by atoms with E-state index in [1.807, 2.05) is 0 Å². The van der Waals surface area contributed by atoms with E-state index in [9.17, 15) is 10.4 Å². The van der Waals surface area contributed by atoms with Gasteiger partial charge in [-0.25, -0.2) is 0 Å². The maximum Gasteiger partial charge on any atom is 0.205 e. The van der Waals surface area contributed by atoms with Crippen LogP contribution in [0.4, 0.5) is 0 Å². The number of hydrogen-bond acceptors (Lipinski definition) is 5. The summed E-state index contributed by atoms with van der Waals surface area (Å²) in [5.74, 6) is 2.80. The number of fused-ring (bicyclic) bond motifs is 1. The fourth-order valence-electron chi connectivity index (χ4n) is 2.72. The second-order valence-corrected chi connectivity index (χ2v) is 5.74. The molecule has 0 saturated heterocycles. The van der Waals surface area contributed by atoms with Crippen LogP contribution < -0.4 is 15.2 Å². The Balaban J connectivity index is 2.10. The molecule has 2 aromatic rings. The lowest BCUT2D eigenvalue weighted by molar-refractivity contribution is 0.370. The molecule has 5 nitrogen and oxygen atoms in total. The molecular weight excluding hydrogens is 340 g/mol. The third-order valence-electron chi connectivity index (χ3n) is 3.80. The number of benzene rings is 2. The third kappa shape index (κ3) is 3.06. The van der Waals surface area contributed by atoms with Crippen LogP contribution in [0.2, 0.25) is 5.02 Å². The first kappa shape index (κ1) is 16.6.